The summed E-state index contributed by atoms with van der Waals surface area (Å²) in [4.78, 5) is 8.12. The Hall–Kier alpha value is -2.18. The van der Waals surface area contributed by atoms with Gasteiger partial charge in [-0.25, -0.2) is 9.97 Å². The first-order valence-electron chi connectivity index (χ1n) is 4.96. The first-order valence-corrected chi connectivity index (χ1v) is 4.96. The van der Waals surface area contributed by atoms with Gasteiger partial charge in [-0.3, -0.25) is 4.68 Å². The molecular formula is C9H13N7. The molecule has 2 aromatic heterocycles. The molecule has 7 heteroatoms. The fourth-order valence-corrected chi connectivity index (χ4v) is 1.24. The zero-order chi connectivity index (χ0) is 11.2. The molecule has 0 saturated carbocycles. The second kappa shape index (κ2) is 5.06. The summed E-state index contributed by atoms with van der Waals surface area (Å²) >= 11 is 0. The fraction of sp³-hybridized carbons (Fsp3) is 0.333. The third-order valence-electron chi connectivity index (χ3n) is 2.04. The second-order valence-corrected chi connectivity index (χ2v) is 3.13. The van der Waals surface area contributed by atoms with E-state index in [0.29, 0.717) is 0 Å². The Morgan fingerprint density at radius 3 is 2.94 bits per heavy atom. The van der Waals surface area contributed by atoms with Gasteiger partial charge in [0.15, 0.2) is 0 Å². The molecule has 0 aliphatic rings. The van der Waals surface area contributed by atoms with Gasteiger partial charge in [-0.15, -0.1) is 5.10 Å². The standard InChI is InChI=1S/C9H13N7/c1-10-8-6-9(13-7-12-8)11-2-4-16-5-3-14-15-16/h3,5-7H,2,4H2,1H3,(H2,10,11,12,13). The number of nitrogens with zero attached hydrogens (tertiary/aromatic N) is 5. The number of aromatic nitrogens is 5. The van der Waals surface area contributed by atoms with Crippen LogP contribution < -0.4 is 10.6 Å². The first kappa shape index (κ1) is 10.3. The molecule has 0 spiro atoms. The number of hydrogen-bond donors (Lipinski definition) is 2. The molecule has 2 rings (SSSR count). The third kappa shape index (κ3) is 2.66. The van der Waals surface area contributed by atoms with Gasteiger partial charge in [0.25, 0.3) is 0 Å². The maximum atomic E-state index is 4.10. The maximum Gasteiger partial charge on any atom is 0.131 e. The first-order chi connectivity index (χ1) is 7.88. The van der Waals surface area contributed by atoms with E-state index < -0.39 is 0 Å². The van der Waals surface area contributed by atoms with Crippen LogP contribution in [0.15, 0.2) is 24.8 Å². The topological polar surface area (TPSA) is 80.5 Å². The predicted octanol–water partition coefficient (Wildman–Crippen LogP) is 0.222. The molecule has 16 heavy (non-hydrogen) atoms. The zero-order valence-corrected chi connectivity index (χ0v) is 8.96. The summed E-state index contributed by atoms with van der Waals surface area (Å²) in [6.45, 7) is 1.49. The van der Waals surface area contributed by atoms with Crippen molar-refractivity contribution in [3.05, 3.63) is 24.8 Å². The lowest BCUT2D eigenvalue weighted by Crippen LogP contribution is -2.12. The third-order valence-corrected chi connectivity index (χ3v) is 2.04. The summed E-state index contributed by atoms with van der Waals surface area (Å²) in [5, 5.41) is 13.7. The summed E-state index contributed by atoms with van der Waals surface area (Å²) < 4.78 is 1.76. The summed E-state index contributed by atoms with van der Waals surface area (Å²) in [7, 11) is 1.82. The highest BCUT2D eigenvalue weighted by atomic mass is 15.4. The van der Waals surface area contributed by atoms with Crippen LogP contribution >= 0.6 is 0 Å². The van der Waals surface area contributed by atoms with Gasteiger partial charge < -0.3 is 10.6 Å². The Labute approximate surface area is 92.9 Å². The molecule has 0 bridgehead atoms. The van der Waals surface area contributed by atoms with Crippen molar-refractivity contribution in [2.24, 2.45) is 0 Å². The minimum Gasteiger partial charge on any atom is -0.373 e. The molecular weight excluding hydrogens is 206 g/mol. The van der Waals surface area contributed by atoms with Crippen LogP contribution in [0, 0.1) is 0 Å². The predicted molar refractivity (Wildman–Crippen MR) is 60.1 cm³/mol. The lowest BCUT2D eigenvalue weighted by atomic mass is 10.5. The van der Waals surface area contributed by atoms with Crippen LogP contribution in [-0.4, -0.2) is 38.6 Å². The minimum absolute atomic E-state index is 0.740. The van der Waals surface area contributed by atoms with E-state index >= 15 is 0 Å². The molecule has 0 radical (unpaired) electrons. The number of hydrogen-bond acceptors (Lipinski definition) is 6. The average molecular weight is 219 g/mol. The van der Waals surface area contributed by atoms with Crippen LogP contribution in [-0.2, 0) is 6.54 Å². The van der Waals surface area contributed by atoms with Crippen molar-refractivity contribution in [3.63, 3.8) is 0 Å². The molecule has 2 heterocycles. The SMILES string of the molecule is CNc1cc(NCCn2ccnn2)ncn1. The summed E-state index contributed by atoms with van der Waals surface area (Å²) in [5.41, 5.74) is 0. The molecule has 0 saturated heterocycles. The lowest BCUT2D eigenvalue weighted by Gasteiger charge is -2.06. The number of anilines is 2. The van der Waals surface area contributed by atoms with Gasteiger partial charge in [-0.2, -0.15) is 0 Å². The van der Waals surface area contributed by atoms with Gasteiger partial charge in [0.2, 0.25) is 0 Å². The highest BCUT2D eigenvalue weighted by Gasteiger charge is 1.96. The van der Waals surface area contributed by atoms with E-state index in [1.54, 1.807) is 10.9 Å². The van der Waals surface area contributed by atoms with E-state index in [1.165, 1.54) is 6.33 Å². The fourth-order valence-electron chi connectivity index (χ4n) is 1.24. The van der Waals surface area contributed by atoms with Gasteiger partial charge in [0.05, 0.1) is 12.7 Å². The monoisotopic (exact) mass is 219 g/mol. The molecule has 0 aliphatic carbocycles. The van der Waals surface area contributed by atoms with Crippen molar-refractivity contribution in [3.8, 4) is 0 Å². The Morgan fingerprint density at radius 1 is 1.31 bits per heavy atom. The molecule has 2 N–H and O–H groups in total. The van der Waals surface area contributed by atoms with Crippen molar-refractivity contribution in [2.75, 3.05) is 24.2 Å². The Kier molecular flexibility index (Phi) is 3.27. The molecule has 0 atom stereocenters. The van der Waals surface area contributed by atoms with Gasteiger partial charge in [-0.05, 0) is 0 Å². The van der Waals surface area contributed by atoms with Crippen LogP contribution in [0.5, 0.6) is 0 Å². The quantitative estimate of drug-likeness (QED) is 0.749. The van der Waals surface area contributed by atoms with E-state index in [2.05, 4.69) is 30.9 Å². The Balaban J connectivity index is 1.85. The van der Waals surface area contributed by atoms with Crippen LogP contribution in [0.25, 0.3) is 0 Å². The minimum atomic E-state index is 0.740. The highest BCUT2D eigenvalue weighted by molar-refractivity contribution is 5.45. The van der Waals surface area contributed by atoms with Crippen molar-refractivity contribution in [2.45, 2.75) is 6.54 Å². The van der Waals surface area contributed by atoms with Gasteiger partial charge in [0.1, 0.15) is 18.0 Å². The molecule has 0 fully saturated rings. The molecule has 0 unspecified atom stereocenters. The van der Waals surface area contributed by atoms with Crippen molar-refractivity contribution >= 4 is 11.6 Å². The van der Waals surface area contributed by atoms with E-state index in [1.807, 2.05) is 19.3 Å². The van der Waals surface area contributed by atoms with Crippen LogP contribution in [0.4, 0.5) is 11.6 Å². The van der Waals surface area contributed by atoms with Gasteiger partial charge in [-0.1, -0.05) is 5.21 Å². The second-order valence-electron chi connectivity index (χ2n) is 3.13. The Morgan fingerprint density at radius 2 is 2.19 bits per heavy atom. The van der Waals surface area contributed by atoms with Gasteiger partial charge >= 0.3 is 0 Å². The van der Waals surface area contributed by atoms with E-state index in [4.69, 9.17) is 0 Å². The maximum absolute atomic E-state index is 4.10. The van der Waals surface area contributed by atoms with Crippen LogP contribution in [0.3, 0.4) is 0 Å². The van der Waals surface area contributed by atoms with Crippen molar-refractivity contribution in [1.29, 1.82) is 0 Å². The van der Waals surface area contributed by atoms with Crippen molar-refractivity contribution < 1.29 is 0 Å². The molecule has 84 valence electrons. The summed E-state index contributed by atoms with van der Waals surface area (Å²) in [6, 6.07) is 1.85. The van der Waals surface area contributed by atoms with Crippen LogP contribution in [0.1, 0.15) is 0 Å². The van der Waals surface area contributed by atoms with E-state index in [0.717, 1.165) is 24.7 Å². The Bertz CT molecular complexity index is 425. The normalized spacial score (nSPS) is 10.1. The number of nitrogens with one attached hydrogen (secondary N) is 2. The van der Waals surface area contributed by atoms with Gasteiger partial charge in [0, 0.05) is 25.9 Å². The summed E-state index contributed by atoms with van der Waals surface area (Å²) in [6.07, 6.45) is 4.99. The largest absolute Gasteiger partial charge is 0.373 e. The molecule has 0 aliphatic heterocycles. The molecule has 0 aromatic carbocycles. The molecule has 7 nitrogen and oxygen atoms in total. The van der Waals surface area contributed by atoms with Crippen molar-refractivity contribution in [1.82, 2.24) is 25.0 Å². The smallest absolute Gasteiger partial charge is 0.131 e. The van der Waals surface area contributed by atoms with E-state index in [9.17, 15) is 0 Å². The highest BCUT2D eigenvalue weighted by Crippen LogP contribution is 2.06. The zero-order valence-electron chi connectivity index (χ0n) is 8.96. The molecule has 2 aromatic rings. The average Bonchev–Trinajstić information content (AvgIpc) is 2.82. The van der Waals surface area contributed by atoms with Crippen LogP contribution in [0.2, 0.25) is 0 Å². The lowest BCUT2D eigenvalue weighted by molar-refractivity contribution is 0.608. The van der Waals surface area contributed by atoms with E-state index in [-0.39, 0.29) is 0 Å². The molecule has 0 amide bonds. The number of rotatable bonds is 5. The summed E-state index contributed by atoms with van der Waals surface area (Å²) in [5.74, 6) is 1.58.